The van der Waals surface area contributed by atoms with Crippen LogP contribution in [0.5, 0.6) is 0 Å². The molecule has 0 heterocycles. The molecule has 0 bridgehead atoms. The van der Waals surface area contributed by atoms with Gasteiger partial charge in [-0.3, -0.25) is 42.3 Å². The molecular weight excluding hydrogens is 234 g/mol. The number of hydrogen-bond acceptors (Lipinski definition) is 2. The molecule has 0 aliphatic rings. The molecule has 0 fully saturated rings. The van der Waals surface area contributed by atoms with Crippen LogP contribution in [0.4, 0.5) is 42.3 Å². The van der Waals surface area contributed by atoms with Gasteiger partial charge in [0.1, 0.15) is 0 Å². The Labute approximate surface area is 61.3 Å². The second-order valence-corrected chi connectivity index (χ2v) is 0.224. The fraction of sp³-hybridized carbons (Fsp3) is 0. The summed E-state index contributed by atoms with van der Waals surface area (Å²) in [4.78, 5) is 0. The Kier molecular flexibility index (Phi) is 301000. The quantitative estimate of drug-likeness (QED) is 0.481. The first-order valence-corrected chi connectivity index (χ1v) is 1.10. The fourth-order valence-corrected chi connectivity index (χ4v) is 0. The van der Waals surface area contributed by atoms with E-state index in [1.54, 1.807) is 0 Å². The van der Waals surface area contributed by atoms with Crippen molar-refractivity contribution in [3.8, 4) is 0 Å². The number of hydrogen-bond donors (Lipinski definition) is 0. The van der Waals surface area contributed by atoms with Crippen LogP contribution < -0.4 is 0 Å². The van der Waals surface area contributed by atoms with E-state index in [2.05, 4.69) is 0 Å². The van der Waals surface area contributed by atoms with Crippen LogP contribution >= 0.6 is 8.34 Å². The van der Waals surface area contributed by atoms with Gasteiger partial charge in [-0.05, 0) is 0 Å². The van der Waals surface area contributed by atoms with E-state index in [1.165, 1.54) is 0 Å². The monoisotopic (exact) mass is 243 g/mol. The van der Waals surface area contributed by atoms with Gasteiger partial charge in [0.25, 0.3) is 0 Å². The van der Waals surface area contributed by atoms with Gasteiger partial charge in [0.15, 0.2) is 0 Å². The van der Waals surface area contributed by atoms with E-state index >= 15 is 0 Å². The van der Waals surface area contributed by atoms with Gasteiger partial charge in [-0.2, -0.15) is 0 Å². The Balaban J connectivity index is -0.000000000556. The molecule has 0 atom stereocenters. The van der Waals surface area contributed by atoms with E-state index < -0.39 is 8.34 Å². The van der Waals surface area contributed by atoms with Crippen LogP contribution in [0.25, 0.3) is 0 Å². The predicted molar refractivity (Wildman–Crippen MR) is 30.8 cm³/mol. The Bertz CT molecular complexity index is 33.5. The third kappa shape index (κ3) is 1840. The number of halogens is 9. The summed E-state index contributed by atoms with van der Waals surface area (Å²) < 4.78 is 16.7. The molecule has 0 saturated heterocycles. The van der Waals surface area contributed by atoms with E-state index in [9.17, 15) is 0 Å². The molecule has 12 heteroatoms. The van der Waals surface area contributed by atoms with Crippen LogP contribution in [0, 0.1) is 0 Å². The van der Waals surface area contributed by atoms with Crippen molar-refractivity contribution in [2.45, 2.75) is 0 Å². The molecule has 0 aliphatic carbocycles. The summed E-state index contributed by atoms with van der Waals surface area (Å²) in [5.41, 5.74) is 0. The molecular formula is H9F9O2P+. The van der Waals surface area contributed by atoms with E-state index in [4.69, 9.17) is 9.13 Å². The Morgan fingerprint density at radius 3 is 0.417 bits per heavy atom. The topological polar surface area (TPSA) is 34.1 Å². The zero-order chi connectivity index (χ0) is 2.71. The molecule has 0 rings (SSSR count). The molecule has 0 aromatic heterocycles. The van der Waals surface area contributed by atoms with Gasteiger partial charge < -0.3 is 0 Å². The summed E-state index contributed by atoms with van der Waals surface area (Å²) in [6.45, 7) is 0. The van der Waals surface area contributed by atoms with Crippen molar-refractivity contribution in [2.24, 2.45) is 0 Å². The van der Waals surface area contributed by atoms with Crippen molar-refractivity contribution in [1.82, 2.24) is 0 Å². The van der Waals surface area contributed by atoms with Crippen molar-refractivity contribution in [3.05, 3.63) is 0 Å². The van der Waals surface area contributed by atoms with E-state index in [1.807, 2.05) is 0 Å². The second-order valence-electron chi connectivity index (χ2n) is 0.0745. The first kappa shape index (κ1) is 629. The van der Waals surface area contributed by atoms with Crippen molar-refractivity contribution in [1.29, 1.82) is 0 Å². The van der Waals surface area contributed by atoms with Gasteiger partial charge in [-0.25, -0.2) is 0 Å². The molecule has 0 unspecified atom stereocenters. The Morgan fingerprint density at radius 2 is 0.417 bits per heavy atom. The summed E-state index contributed by atoms with van der Waals surface area (Å²) in [6, 6.07) is 0. The van der Waals surface area contributed by atoms with E-state index in [0.717, 1.165) is 0 Å². The fourth-order valence-electron chi connectivity index (χ4n) is 0. The maximum atomic E-state index is 8.35. The van der Waals surface area contributed by atoms with Gasteiger partial charge in [0.05, 0.1) is 0 Å². The normalized spacial score (nSPS) is 0.667. The van der Waals surface area contributed by atoms with Crippen LogP contribution in [-0.2, 0) is 9.13 Å². The van der Waals surface area contributed by atoms with Crippen LogP contribution in [0.1, 0.15) is 0 Å². The van der Waals surface area contributed by atoms with Crippen LogP contribution in [-0.4, -0.2) is 0 Å². The maximum absolute atomic E-state index is 8.35. The van der Waals surface area contributed by atoms with Crippen molar-refractivity contribution < 1.29 is 51.5 Å². The van der Waals surface area contributed by atoms with Gasteiger partial charge in [-0.15, -0.1) is 0 Å². The molecule has 0 radical (unpaired) electrons. The first-order chi connectivity index (χ1) is 1.41. The van der Waals surface area contributed by atoms with Crippen LogP contribution in [0.15, 0.2) is 0 Å². The summed E-state index contributed by atoms with van der Waals surface area (Å²) in [7, 11) is -1.08. The Morgan fingerprint density at radius 1 is 0.417 bits per heavy atom. The summed E-state index contributed by atoms with van der Waals surface area (Å²) >= 11 is 0. The standard InChI is InChI=1S/9FH.O2P/c;;;;;;;;;1-3-2/h9*1H;/q;;;;;;;;;+1. The van der Waals surface area contributed by atoms with Gasteiger partial charge in [-0.1, -0.05) is 0 Å². The van der Waals surface area contributed by atoms with E-state index in [0.29, 0.717) is 0 Å². The van der Waals surface area contributed by atoms with Crippen molar-refractivity contribution in [2.75, 3.05) is 0 Å². The van der Waals surface area contributed by atoms with Gasteiger partial charge in [0.2, 0.25) is 0 Å². The molecule has 0 amide bonds. The minimum atomic E-state index is -1.08. The van der Waals surface area contributed by atoms with Gasteiger partial charge >= 0.3 is 17.5 Å². The molecule has 0 aromatic carbocycles. The zero-order valence-corrected chi connectivity index (χ0v) is 5.83. The summed E-state index contributed by atoms with van der Waals surface area (Å²) in [6.07, 6.45) is 0. The zero-order valence-electron chi connectivity index (χ0n) is 4.94. The second kappa shape index (κ2) is 5740. The van der Waals surface area contributed by atoms with Crippen LogP contribution in [0.2, 0.25) is 0 Å². The predicted octanol–water partition coefficient (Wildman–Crippen LogP) is 2.00. The average Bonchev–Trinajstić information content (AvgIpc) is 0.918. The molecule has 0 spiro atoms. The Hall–Kier alpha value is -0.600. The van der Waals surface area contributed by atoms with E-state index in [-0.39, 0.29) is 42.3 Å². The molecule has 0 aromatic rings. The SMILES string of the molecule is F.F.F.F.F.F.F.F.F.O=[P+]=O. The first-order valence-electron chi connectivity index (χ1n) is 0.365. The molecule has 2 nitrogen and oxygen atoms in total. The minimum absolute atomic E-state index is 0. The third-order valence-electron chi connectivity index (χ3n) is 0. The average molecular weight is 243 g/mol. The van der Waals surface area contributed by atoms with Crippen LogP contribution in [0.3, 0.4) is 0 Å². The summed E-state index contributed by atoms with van der Waals surface area (Å²) in [5.74, 6) is 0. The summed E-state index contributed by atoms with van der Waals surface area (Å²) in [5, 5.41) is 0. The molecule has 12 heavy (non-hydrogen) atoms. The third-order valence-corrected chi connectivity index (χ3v) is 0. The number of rotatable bonds is 0. The molecule has 0 saturated carbocycles. The molecule has 0 N–H and O–H groups in total. The molecule has 0 aliphatic heterocycles. The molecule has 88 valence electrons. The van der Waals surface area contributed by atoms with Crippen molar-refractivity contribution in [3.63, 3.8) is 0 Å². The van der Waals surface area contributed by atoms with Crippen molar-refractivity contribution >= 4 is 8.34 Å². The van der Waals surface area contributed by atoms with Gasteiger partial charge in [0, 0.05) is 0 Å².